The van der Waals surface area contributed by atoms with Gasteiger partial charge in [-0.05, 0) is 37.1 Å². The van der Waals surface area contributed by atoms with Crippen LogP contribution in [-0.4, -0.2) is 32.9 Å². The van der Waals surface area contributed by atoms with Crippen LogP contribution in [0.1, 0.15) is 30.1 Å². The number of hydrogen-bond acceptors (Lipinski definition) is 6. The minimum atomic E-state index is -3.97. The zero-order valence-electron chi connectivity index (χ0n) is 15.4. The van der Waals surface area contributed by atoms with E-state index in [1.165, 1.54) is 24.3 Å². The predicted octanol–water partition coefficient (Wildman–Crippen LogP) is 1.40. The van der Waals surface area contributed by atoms with E-state index >= 15 is 0 Å². The molecule has 1 aliphatic carbocycles. The van der Waals surface area contributed by atoms with E-state index in [2.05, 4.69) is 10.0 Å². The van der Waals surface area contributed by atoms with Crippen LogP contribution in [0.4, 0.5) is 0 Å². The van der Waals surface area contributed by atoms with E-state index in [0.717, 1.165) is 12.8 Å². The molecule has 0 heterocycles. The number of rotatable bonds is 8. The summed E-state index contributed by atoms with van der Waals surface area (Å²) in [5, 5.41) is 11.6. The minimum Gasteiger partial charge on any atom is -0.446 e. The van der Waals surface area contributed by atoms with Crippen molar-refractivity contribution >= 4 is 21.9 Å². The number of benzene rings is 2. The molecule has 150 valence electrons. The summed E-state index contributed by atoms with van der Waals surface area (Å²) in [6.07, 6.45) is 0.598. The molecule has 8 nitrogen and oxygen atoms in total. The van der Waals surface area contributed by atoms with Gasteiger partial charge in [-0.25, -0.2) is 8.42 Å². The van der Waals surface area contributed by atoms with Gasteiger partial charge < -0.3 is 10.1 Å². The molecule has 1 amide bonds. The van der Waals surface area contributed by atoms with Crippen LogP contribution in [0.5, 0.6) is 0 Å². The Morgan fingerprint density at radius 2 is 1.76 bits per heavy atom. The highest BCUT2D eigenvalue weighted by Gasteiger charge is 2.31. The van der Waals surface area contributed by atoms with Crippen molar-refractivity contribution < 1.29 is 22.7 Å². The molecular weight excluding hydrogens is 394 g/mol. The highest BCUT2D eigenvalue weighted by atomic mass is 32.2. The fourth-order valence-corrected chi connectivity index (χ4v) is 3.49. The molecule has 2 aromatic carbocycles. The molecule has 1 atom stereocenters. The molecular formula is C20H19N3O5S. The van der Waals surface area contributed by atoms with Gasteiger partial charge in [-0.1, -0.05) is 30.3 Å². The third-order valence-corrected chi connectivity index (χ3v) is 5.63. The highest BCUT2D eigenvalue weighted by molar-refractivity contribution is 7.89. The predicted molar refractivity (Wildman–Crippen MR) is 103 cm³/mol. The average Bonchev–Trinajstić information content (AvgIpc) is 3.55. The van der Waals surface area contributed by atoms with Crippen LogP contribution in [0, 0.1) is 11.3 Å². The molecule has 2 aromatic rings. The van der Waals surface area contributed by atoms with Crippen LogP contribution in [-0.2, 0) is 24.3 Å². The van der Waals surface area contributed by atoms with Gasteiger partial charge in [-0.15, -0.1) is 0 Å². The van der Waals surface area contributed by atoms with Gasteiger partial charge >= 0.3 is 5.97 Å². The minimum absolute atomic E-state index is 0.0855. The Labute approximate surface area is 168 Å². The van der Waals surface area contributed by atoms with Crippen molar-refractivity contribution in [2.45, 2.75) is 29.9 Å². The monoisotopic (exact) mass is 413 g/mol. The number of ether oxygens (including phenoxy) is 1. The summed E-state index contributed by atoms with van der Waals surface area (Å²) in [5.41, 5.74) is 0.810. The summed E-state index contributed by atoms with van der Waals surface area (Å²) < 4.78 is 32.0. The molecule has 0 aromatic heterocycles. The zero-order valence-corrected chi connectivity index (χ0v) is 16.2. The van der Waals surface area contributed by atoms with E-state index in [1.807, 2.05) is 6.07 Å². The number of esters is 1. The van der Waals surface area contributed by atoms with Gasteiger partial charge in [0.15, 0.2) is 0 Å². The summed E-state index contributed by atoms with van der Waals surface area (Å²) in [6.45, 7) is -0.637. The molecule has 3 rings (SSSR count). The molecule has 1 aliphatic rings. The SMILES string of the molecule is N#Cc1ccc(S(=O)(=O)NCC(=O)O[C@H](C(=O)NC2CC2)c2ccccc2)cc1. The number of carbonyl (C=O) groups excluding carboxylic acids is 2. The van der Waals surface area contributed by atoms with Gasteiger partial charge in [0.1, 0.15) is 6.54 Å². The van der Waals surface area contributed by atoms with E-state index in [0.29, 0.717) is 11.1 Å². The summed E-state index contributed by atoms with van der Waals surface area (Å²) in [7, 11) is -3.97. The van der Waals surface area contributed by atoms with Gasteiger partial charge in [0.2, 0.25) is 16.1 Å². The fourth-order valence-electron chi connectivity index (χ4n) is 2.52. The standard InChI is InChI=1S/C20H19N3O5S/c21-12-14-6-10-17(11-7-14)29(26,27)22-13-18(24)28-19(15-4-2-1-3-5-15)20(25)23-16-8-9-16/h1-7,10-11,16,19,22H,8-9,13H2,(H,23,25)/t19-/m0/s1. The zero-order chi connectivity index (χ0) is 20.9. The maximum Gasteiger partial charge on any atom is 0.322 e. The normalized spacial score (nSPS) is 14.4. The molecule has 2 N–H and O–H groups in total. The number of nitrogens with zero attached hydrogens (tertiary/aromatic N) is 1. The van der Waals surface area contributed by atoms with Gasteiger partial charge in [0, 0.05) is 11.6 Å². The fraction of sp³-hybridized carbons (Fsp3) is 0.250. The highest BCUT2D eigenvalue weighted by Crippen LogP contribution is 2.23. The third-order valence-electron chi connectivity index (χ3n) is 4.21. The Morgan fingerprint density at radius 1 is 1.10 bits per heavy atom. The summed E-state index contributed by atoms with van der Waals surface area (Å²) in [4.78, 5) is 24.6. The third kappa shape index (κ3) is 5.63. The van der Waals surface area contributed by atoms with Crippen LogP contribution in [0.15, 0.2) is 59.5 Å². The largest absolute Gasteiger partial charge is 0.446 e. The van der Waals surface area contributed by atoms with Crippen LogP contribution in [0.2, 0.25) is 0 Å². The van der Waals surface area contributed by atoms with Crippen molar-refractivity contribution in [2.75, 3.05) is 6.54 Å². The molecule has 0 spiro atoms. The van der Waals surface area contributed by atoms with Crippen molar-refractivity contribution in [1.29, 1.82) is 5.26 Å². The first-order valence-corrected chi connectivity index (χ1v) is 10.4. The molecule has 29 heavy (non-hydrogen) atoms. The van der Waals surface area contributed by atoms with Crippen LogP contribution in [0.3, 0.4) is 0 Å². The number of hydrogen-bond donors (Lipinski definition) is 2. The Balaban J connectivity index is 1.64. The Hall–Kier alpha value is -3.22. The van der Waals surface area contributed by atoms with E-state index in [4.69, 9.17) is 10.00 Å². The maximum atomic E-state index is 12.5. The molecule has 9 heteroatoms. The van der Waals surface area contributed by atoms with Crippen molar-refractivity contribution in [2.24, 2.45) is 0 Å². The lowest BCUT2D eigenvalue weighted by Crippen LogP contribution is -2.36. The van der Waals surface area contributed by atoms with Crippen LogP contribution < -0.4 is 10.0 Å². The summed E-state index contributed by atoms with van der Waals surface area (Å²) >= 11 is 0. The molecule has 0 aliphatic heterocycles. The van der Waals surface area contributed by atoms with Gasteiger partial charge in [0.25, 0.3) is 5.91 Å². The molecule has 0 radical (unpaired) electrons. The first-order valence-electron chi connectivity index (χ1n) is 8.93. The molecule has 1 saturated carbocycles. The lowest BCUT2D eigenvalue weighted by atomic mass is 10.1. The van der Waals surface area contributed by atoms with Crippen LogP contribution >= 0.6 is 0 Å². The quantitative estimate of drug-likeness (QED) is 0.630. The number of nitriles is 1. The Kier molecular flexibility index (Phi) is 6.26. The second-order valence-electron chi connectivity index (χ2n) is 6.52. The first-order chi connectivity index (χ1) is 13.9. The summed E-state index contributed by atoms with van der Waals surface area (Å²) in [5.74, 6) is -1.33. The summed E-state index contributed by atoms with van der Waals surface area (Å²) in [6, 6.07) is 15.8. The van der Waals surface area contributed by atoms with E-state index in [9.17, 15) is 18.0 Å². The van der Waals surface area contributed by atoms with Crippen molar-refractivity contribution in [3.05, 3.63) is 65.7 Å². The molecule has 0 saturated heterocycles. The van der Waals surface area contributed by atoms with E-state index in [-0.39, 0.29) is 10.9 Å². The lowest BCUT2D eigenvalue weighted by Gasteiger charge is -2.18. The van der Waals surface area contributed by atoms with E-state index < -0.39 is 34.5 Å². The molecule has 0 unspecified atom stereocenters. The second-order valence-corrected chi connectivity index (χ2v) is 8.29. The van der Waals surface area contributed by atoms with Crippen LogP contribution in [0.25, 0.3) is 0 Å². The number of sulfonamides is 1. The van der Waals surface area contributed by atoms with Gasteiger partial charge in [0.05, 0.1) is 16.5 Å². The number of carbonyl (C=O) groups is 2. The average molecular weight is 413 g/mol. The van der Waals surface area contributed by atoms with E-state index in [1.54, 1.807) is 30.3 Å². The van der Waals surface area contributed by atoms with Crippen molar-refractivity contribution in [3.63, 3.8) is 0 Å². The second kappa shape index (κ2) is 8.86. The molecule has 1 fully saturated rings. The number of amides is 1. The van der Waals surface area contributed by atoms with Gasteiger partial charge in [-0.2, -0.15) is 9.98 Å². The first kappa shape index (κ1) is 20.5. The lowest BCUT2D eigenvalue weighted by molar-refractivity contribution is -0.155. The Bertz CT molecular complexity index is 1030. The maximum absolute atomic E-state index is 12.5. The van der Waals surface area contributed by atoms with Gasteiger partial charge in [-0.3, -0.25) is 9.59 Å². The topological polar surface area (TPSA) is 125 Å². The molecule has 0 bridgehead atoms. The van der Waals surface area contributed by atoms with Crippen molar-refractivity contribution in [3.8, 4) is 6.07 Å². The number of nitrogens with one attached hydrogen (secondary N) is 2. The Morgan fingerprint density at radius 3 is 2.34 bits per heavy atom. The smallest absolute Gasteiger partial charge is 0.322 e. The van der Waals surface area contributed by atoms with Crippen molar-refractivity contribution in [1.82, 2.24) is 10.0 Å².